The maximum atomic E-state index is 11.0. The molecular weight excluding hydrogens is 276 g/mol. The summed E-state index contributed by atoms with van der Waals surface area (Å²) in [5.41, 5.74) is 1.98. The van der Waals surface area contributed by atoms with Gasteiger partial charge in [-0.05, 0) is 24.6 Å². The zero-order valence-electron chi connectivity index (χ0n) is 12.7. The molecule has 0 fully saturated rings. The van der Waals surface area contributed by atoms with Gasteiger partial charge in [-0.25, -0.2) is 9.79 Å². The molecule has 0 radical (unpaired) electrons. The van der Waals surface area contributed by atoms with Crippen molar-refractivity contribution in [2.24, 2.45) is 9.98 Å². The maximum absolute atomic E-state index is 11.0. The predicted molar refractivity (Wildman–Crippen MR) is 94.3 cm³/mol. The Kier molecular flexibility index (Phi) is 8.48. The molecule has 0 aliphatic rings. The third kappa shape index (κ3) is 5.96. The molecule has 0 bridgehead atoms. The minimum Gasteiger partial charge on any atom is -0.477 e. The highest BCUT2D eigenvalue weighted by atomic mass is 16.4. The number of carboxylic acid groups (broad SMARTS) is 1. The van der Waals surface area contributed by atoms with Gasteiger partial charge in [-0.15, -0.1) is 0 Å². The van der Waals surface area contributed by atoms with Crippen LogP contribution in [0.5, 0.6) is 0 Å². The van der Waals surface area contributed by atoms with Crippen molar-refractivity contribution < 1.29 is 9.90 Å². The number of allylic oxidation sites excluding steroid dienone is 6. The van der Waals surface area contributed by atoms with Crippen LogP contribution in [-0.4, -0.2) is 22.5 Å². The highest BCUT2D eigenvalue weighted by Crippen LogP contribution is 2.16. The van der Waals surface area contributed by atoms with Gasteiger partial charge in [0.2, 0.25) is 0 Å². The van der Waals surface area contributed by atoms with Crippen LogP contribution in [0.2, 0.25) is 0 Å². The maximum Gasteiger partial charge on any atom is 0.349 e. The van der Waals surface area contributed by atoms with Crippen molar-refractivity contribution in [1.82, 2.24) is 0 Å². The summed E-state index contributed by atoms with van der Waals surface area (Å²) in [6.45, 7) is 19.7. The van der Waals surface area contributed by atoms with Gasteiger partial charge in [-0.2, -0.15) is 0 Å². The van der Waals surface area contributed by atoms with Crippen LogP contribution in [0, 0.1) is 0 Å². The van der Waals surface area contributed by atoms with Crippen molar-refractivity contribution >= 4 is 17.4 Å². The summed E-state index contributed by atoms with van der Waals surface area (Å²) < 4.78 is 0. The highest BCUT2D eigenvalue weighted by Gasteiger charge is 2.07. The number of aliphatic imine (C=N–C) groups is 2. The fourth-order valence-corrected chi connectivity index (χ4v) is 1.35. The van der Waals surface area contributed by atoms with E-state index >= 15 is 0 Å². The number of nitrogens with zero attached hydrogens (tertiary/aromatic N) is 2. The predicted octanol–water partition coefficient (Wildman–Crippen LogP) is 4.04. The van der Waals surface area contributed by atoms with Gasteiger partial charge in [0.1, 0.15) is 5.71 Å². The SMILES string of the molecule is C=C/C=C(/C=C(/N=C(\C)C(=O)O)C(=C)C=C)C(\C=C)=N/C=C. The molecule has 0 aliphatic carbocycles. The molecule has 0 aromatic rings. The van der Waals surface area contributed by atoms with Crippen LogP contribution < -0.4 is 0 Å². The van der Waals surface area contributed by atoms with Gasteiger partial charge in [0, 0.05) is 11.8 Å². The van der Waals surface area contributed by atoms with Crippen molar-refractivity contribution in [1.29, 1.82) is 0 Å². The van der Waals surface area contributed by atoms with E-state index in [2.05, 4.69) is 42.9 Å². The Balaban J connectivity index is 6.18. The first-order chi connectivity index (χ1) is 10.4. The van der Waals surface area contributed by atoms with Gasteiger partial charge in [0.15, 0.2) is 0 Å². The van der Waals surface area contributed by atoms with Gasteiger partial charge in [-0.1, -0.05) is 51.1 Å². The molecular formula is C18H20N2O2. The summed E-state index contributed by atoms with van der Waals surface area (Å²) in [5, 5.41) is 8.96. The number of aliphatic carboxylic acids is 1. The molecule has 0 amide bonds. The van der Waals surface area contributed by atoms with Crippen LogP contribution in [0.1, 0.15) is 6.92 Å². The van der Waals surface area contributed by atoms with Crippen molar-refractivity contribution in [3.05, 3.63) is 86.3 Å². The quantitative estimate of drug-likeness (QED) is 0.515. The zero-order chi connectivity index (χ0) is 17.1. The normalized spacial score (nSPS) is 13.3. The van der Waals surface area contributed by atoms with Gasteiger partial charge < -0.3 is 5.11 Å². The molecule has 114 valence electrons. The molecule has 0 rings (SSSR count). The van der Waals surface area contributed by atoms with Gasteiger partial charge >= 0.3 is 5.97 Å². The van der Waals surface area contributed by atoms with Crippen LogP contribution in [0.3, 0.4) is 0 Å². The molecule has 4 heteroatoms. The van der Waals surface area contributed by atoms with E-state index in [1.165, 1.54) is 19.2 Å². The Morgan fingerprint density at radius 3 is 2.18 bits per heavy atom. The minimum atomic E-state index is -1.11. The molecule has 0 saturated carbocycles. The number of carbonyl (C=O) groups is 1. The van der Waals surface area contributed by atoms with E-state index in [1.807, 2.05) is 0 Å². The van der Waals surface area contributed by atoms with Crippen LogP contribution in [0.25, 0.3) is 0 Å². The number of hydrogen-bond donors (Lipinski definition) is 1. The molecule has 0 aliphatic heterocycles. The van der Waals surface area contributed by atoms with Crippen LogP contribution in [0.4, 0.5) is 0 Å². The van der Waals surface area contributed by atoms with Crippen LogP contribution in [0.15, 0.2) is 96.3 Å². The van der Waals surface area contributed by atoms with Gasteiger partial charge in [0.25, 0.3) is 0 Å². The monoisotopic (exact) mass is 296 g/mol. The van der Waals surface area contributed by atoms with Crippen molar-refractivity contribution in [3.63, 3.8) is 0 Å². The molecule has 0 spiro atoms. The average Bonchev–Trinajstić information content (AvgIpc) is 2.50. The first kappa shape index (κ1) is 19.0. The molecule has 0 saturated heterocycles. The molecule has 22 heavy (non-hydrogen) atoms. The van der Waals surface area contributed by atoms with E-state index in [0.717, 1.165) is 0 Å². The number of rotatable bonds is 9. The standard InChI is InChI=1S/C18H20N2O2/c1-7-11-15(16(9-3)19-10-4)12-17(13(5)8-2)20-14(6)18(21)22/h7-12H,1-5H2,6H3,(H,21,22)/b15-11-,17-12+,19-16-,20-14+. The largest absolute Gasteiger partial charge is 0.477 e. The van der Waals surface area contributed by atoms with Gasteiger partial charge in [0.05, 0.1) is 11.4 Å². The average molecular weight is 296 g/mol. The first-order valence-corrected chi connectivity index (χ1v) is 6.37. The molecule has 0 atom stereocenters. The number of hydrogen-bond acceptors (Lipinski definition) is 3. The Labute approximate surface area is 131 Å². The topological polar surface area (TPSA) is 62.0 Å². The Morgan fingerprint density at radius 1 is 1.14 bits per heavy atom. The molecule has 4 nitrogen and oxygen atoms in total. The second-order valence-corrected chi connectivity index (χ2v) is 4.02. The van der Waals surface area contributed by atoms with E-state index in [0.29, 0.717) is 22.6 Å². The summed E-state index contributed by atoms with van der Waals surface area (Å²) in [6.07, 6.45) is 9.35. The van der Waals surface area contributed by atoms with Crippen LogP contribution in [-0.2, 0) is 4.79 Å². The van der Waals surface area contributed by atoms with Crippen molar-refractivity contribution in [3.8, 4) is 0 Å². The summed E-state index contributed by atoms with van der Waals surface area (Å²) in [7, 11) is 0. The lowest BCUT2D eigenvalue weighted by Gasteiger charge is -2.06. The lowest BCUT2D eigenvalue weighted by Crippen LogP contribution is -2.09. The van der Waals surface area contributed by atoms with Gasteiger partial charge in [-0.3, -0.25) is 4.99 Å². The summed E-state index contributed by atoms with van der Waals surface area (Å²) in [4.78, 5) is 19.1. The van der Waals surface area contributed by atoms with Crippen LogP contribution >= 0.6 is 0 Å². The fraction of sp³-hybridized carbons (Fsp3) is 0.0556. The van der Waals surface area contributed by atoms with E-state index in [4.69, 9.17) is 5.11 Å². The Bertz CT molecular complexity index is 629. The second kappa shape index (κ2) is 9.83. The molecule has 0 heterocycles. The second-order valence-electron chi connectivity index (χ2n) is 4.02. The van der Waals surface area contributed by atoms with Crippen molar-refractivity contribution in [2.75, 3.05) is 0 Å². The third-order valence-electron chi connectivity index (χ3n) is 2.48. The third-order valence-corrected chi connectivity index (χ3v) is 2.48. The van der Waals surface area contributed by atoms with E-state index in [9.17, 15) is 4.79 Å². The summed E-state index contributed by atoms with van der Waals surface area (Å²) in [6, 6.07) is 0. The molecule has 0 unspecified atom stereocenters. The molecule has 1 N–H and O–H groups in total. The first-order valence-electron chi connectivity index (χ1n) is 6.37. The lowest BCUT2D eigenvalue weighted by atomic mass is 10.1. The number of carboxylic acids is 1. The molecule has 0 aromatic heterocycles. The fourth-order valence-electron chi connectivity index (χ4n) is 1.35. The zero-order valence-corrected chi connectivity index (χ0v) is 12.7. The molecule has 0 aromatic carbocycles. The Morgan fingerprint density at radius 2 is 1.77 bits per heavy atom. The van der Waals surface area contributed by atoms with E-state index in [-0.39, 0.29) is 5.71 Å². The van der Waals surface area contributed by atoms with Crippen molar-refractivity contribution in [2.45, 2.75) is 6.92 Å². The smallest absolute Gasteiger partial charge is 0.349 e. The highest BCUT2D eigenvalue weighted by molar-refractivity contribution is 6.34. The summed E-state index contributed by atoms with van der Waals surface area (Å²) >= 11 is 0. The summed E-state index contributed by atoms with van der Waals surface area (Å²) in [5.74, 6) is -1.11. The van der Waals surface area contributed by atoms with E-state index in [1.54, 1.807) is 24.3 Å². The minimum absolute atomic E-state index is 0.0620. The van der Waals surface area contributed by atoms with E-state index < -0.39 is 5.97 Å². The Hall–Kier alpha value is -3.01. The lowest BCUT2D eigenvalue weighted by molar-refractivity contribution is -0.129.